The predicted molar refractivity (Wildman–Crippen MR) is 112 cm³/mol. The van der Waals surface area contributed by atoms with Gasteiger partial charge < -0.3 is 4.74 Å². The van der Waals surface area contributed by atoms with Crippen LogP contribution in [0.25, 0.3) is 10.8 Å². The van der Waals surface area contributed by atoms with Gasteiger partial charge in [-0.25, -0.2) is 12.8 Å². The molecule has 30 heavy (non-hydrogen) atoms. The molecule has 0 aliphatic carbocycles. The Morgan fingerprint density at radius 1 is 1.03 bits per heavy atom. The Labute approximate surface area is 178 Å². The number of ether oxygens (including phenoxy) is 1. The zero-order valence-corrected chi connectivity index (χ0v) is 17.8. The minimum atomic E-state index is -3.50. The lowest BCUT2D eigenvalue weighted by Crippen LogP contribution is -2.10. The summed E-state index contributed by atoms with van der Waals surface area (Å²) in [6, 6.07) is 11.0. The van der Waals surface area contributed by atoms with Crippen molar-refractivity contribution in [2.75, 3.05) is 12.9 Å². The fourth-order valence-electron chi connectivity index (χ4n) is 3.12. The summed E-state index contributed by atoms with van der Waals surface area (Å²) in [4.78, 5) is 25.1. The molecular weight excluding hydrogens is 431 g/mol. The number of carbonyl (C=O) groups excluding carboxylic acids is 2. The van der Waals surface area contributed by atoms with Gasteiger partial charge in [-0.1, -0.05) is 23.7 Å². The summed E-state index contributed by atoms with van der Waals surface area (Å²) in [7, 11) is -3.50. The highest BCUT2D eigenvalue weighted by molar-refractivity contribution is 7.90. The minimum Gasteiger partial charge on any atom is -0.466 e. The lowest BCUT2D eigenvalue weighted by atomic mass is 9.94. The molecule has 0 unspecified atom stereocenters. The Bertz CT molecular complexity index is 1270. The van der Waals surface area contributed by atoms with Crippen LogP contribution in [-0.4, -0.2) is 33.0 Å². The number of hydrogen-bond acceptors (Lipinski definition) is 5. The first-order valence-electron chi connectivity index (χ1n) is 9.02. The maximum Gasteiger partial charge on any atom is 0.310 e. The van der Waals surface area contributed by atoms with Gasteiger partial charge in [0.15, 0.2) is 15.6 Å². The van der Waals surface area contributed by atoms with E-state index in [-0.39, 0.29) is 34.1 Å². The van der Waals surface area contributed by atoms with E-state index in [1.54, 1.807) is 13.0 Å². The summed E-state index contributed by atoms with van der Waals surface area (Å²) in [5.41, 5.74) is 0.753. The van der Waals surface area contributed by atoms with Crippen molar-refractivity contribution in [3.63, 3.8) is 0 Å². The summed E-state index contributed by atoms with van der Waals surface area (Å²) >= 11 is 6.19. The second-order valence-electron chi connectivity index (χ2n) is 6.73. The average Bonchev–Trinajstić information content (AvgIpc) is 2.66. The van der Waals surface area contributed by atoms with Crippen LogP contribution in [0.5, 0.6) is 0 Å². The van der Waals surface area contributed by atoms with Gasteiger partial charge in [0.25, 0.3) is 0 Å². The standard InChI is InChI=1S/C22H18ClFO5S/c1-3-29-21(25)10-13-8-14-4-5-15(24)11-18(14)19(9-13)22(26)17-7-6-16(12-20(17)23)30(2,27)28/h4-9,11-12H,3,10H2,1-2H3. The molecule has 0 N–H and O–H groups in total. The molecule has 0 bridgehead atoms. The van der Waals surface area contributed by atoms with Crippen LogP contribution in [0, 0.1) is 5.82 Å². The van der Waals surface area contributed by atoms with Crippen LogP contribution >= 0.6 is 11.6 Å². The number of hydrogen-bond donors (Lipinski definition) is 0. The number of fused-ring (bicyclic) bond motifs is 1. The first kappa shape index (κ1) is 21.9. The van der Waals surface area contributed by atoms with E-state index in [2.05, 4.69) is 0 Å². The fraction of sp³-hybridized carbons (Fsp3) is 0.182. The third-order valence-electron chi connectivity index (χ3n) is 4.49. The van der Waals surface area contributed by atoms with Crippen LogP contribution in [0.4, 0.5) is 4.39 Å². The molecule has 156 valence electrons. The molecule has 3 aromatic carbocycles. The van der Waals surface area contributed by atoms with Crippen molar-refractivity contribution in [1.29, 1.82) is 0 Å². The van der Waals surface area contributed by atoms with E-state index in [0.717, 1.165) is 6.26 Å². The first-order chi connectivity index (χ1) is 14.1. The number of halogens is 2. The van der Waals surface area contributed by atoms with E-state index in [0.29, 0.717) is 16.3 Å². The maximum atomic E-state index is 13.9. The normalized spacial score (nSPS) is 11.5. The quantitative estimate of drug-likeness (QED) is 0.413. The van der Waals surface area contributed by atoms with Gasteiger partial charge in [-0.05, 0) is 59.7 Å². The van der Waals surface area contributed by atoms with Gasteiger partial charge in [0, 0.05) is 17.4 Å². The van der Waals surface area contributed by atoms with Crippen LogP contribution in [0.3, 0.4) is 0 Å². The summed E-state index contributed by atoms with van der Waals surface area (Å²) < 4.78 is 42.3. The second-order valence-corrected chi connectivity index (χ2v) is 9.16. The molecule has 8 heteroatoms. The van der Waals surface area contributed by atoms with Crippen molar-refractivity contribution >= 4 is 44.0 Å². The van der Waals surface area contributed by atoms with Gasteiger partial charge in [-0.15, -0.1) is 0 Å². The lowest BCUT2D eigenvalue weighted by molar-refractivity contribution is -0.142. The second kappa shape index (κ2) is 8.53. The maximum absolute atomic E-state index is 13.9. The molecule has 0 saturated carbocycles. The summed E-state index contributed by atoms with van der Waals surface area (Å²) in [6.07, 6.45) is 0.984. The number of benzene rings is 3. The Morgan fingerprint density at radius 3 is 2.40 bits per heavy atom. The molecule has 0 aliphatic heterocycles. The van der Waals surface area contributed by atoms with Crippen LogP contribution in [0.1, 0.15) is 28.4 Å². The number of rotatable bonds is 6. The molecule has 0 atom stereocenters. The van der Waals surface area contributed by atoms with E-state index < -0.39 is 27.4 Å². The molecule has 5 nitrogen and oxygen atoms in total. The Morgan fingerprint density at radius 2 is 1.77 bits per heavy atom. The molecule has 0 fully saturated rings. The summed E-state index contributed by atoms with van der Waals surface area (Å²) in [5, 5.41) is 0.893. The zero-order chi connectivity index (χ0) is 22.1. The van der Waals surface area contributed by atoms with E-state index in [1.165, 1.54) is 42.5 Å². The number of esters is 1. The van der Waals surface area contributed by atoms with E-state index in [1.807, 2.05) is 0 Å². The van der Waals surface area contributed by atoms with Crippen LogP contribution in [0.2, 0.25) is 5.02 Å². The predicted octanol–water partition coefficient (Wildman–Crippen LogP) is 4.37. The highest BCUT2D eigenvalue weighted by Crippen LogP contribution is 2.29. The molecule has 0 aromatic heterocycles. The summed E-state index contributed by atoms with van der Waals surface area (Å²) in [5.74, 6) is -1.48. The molecule has 3 aromatic rings. The third kappa shape index (κ3) is 4.68. The van der Waals surface area contributed by atoms with Crippen molar-refractivity contribution < 1.29 is 27.1 Å². The van der Waals surface area contributed by atoms with Crippen molar-refractivity contribution in [3.8, 4) is 0 Å². The molecule has 0 saturated heterocycles. The molecule has 3 rings (SSSR count). The molecule has 0 radical (unpaired) electrons. The molecule has 0 heterocycles. The monoisotopic (exact) mass is 448 g/mol. The van der Waals surface area contributed by atoms with E-state index >= 15 is 0 Å². The van der Waals surface area contributed by atoms with Crippen LogP contribution in [-0.2, 0) is 25.8 Å². The minimum absolute atomic E-state index is 0.0176. The van der Waals surface area contributed by atoms with Gasteiger partial charge >= 0.3 is 5.97 Å². The third-order valence-corrected chi connectivity index (χ3v) is 5.91. The smallest absolute Gasteiger partial charge is 0.310 e. The molecular formula is C22H18ClFO5S. The Balaban J connectivity index is 2.14. The van der Waals surface area contributed by atoms with Crippen LogP contribution < -0.4 is 0 Å². The van der Waals surface area contributed by atoms with Gasteiger partial charge in [0.05, 0.1) is 22.9 Å². The Hall–Kier alpha value is -2.77. The zero-order valence-electron chi connectivity index (χ0n) is 16.2. The first-order valence-corrected chi connectivity index (χ1v) is 11.3. The van der Waals surface area contributed by atoms with Crippen molar-refractivity contribution in [1.82, 2.24) is 0 Å². The number of ketones is 1. The van der Waals surface area contributed by atoms with Crippen LogP contribution in [0.15, 0.2) is 53.4 Å². The summed E-state index contributed by atoms with van der Waals surface area (Å²) in [6.45, 7) is 1.92. The van der Waals surface area contributed by atoms with Gasteiger partial charge in [-0.3, -0.25) is 9.59 Å². The van der Waals surface area contributed by atoms with Crippen molar-refractivity contribution in [2.24, 2.45) is 0 Å². The largest absolute Gasteiger partial charge is 0.466 e. The van der Waals surface area contributed by atoms with E-state index in [4.69, 9.17) is 16.3 Å². The molecule has 0 aliphatic rings. The van der Waals surface area contributed by atoms with Gasteiger partial charge in [0.1, 0.15) is 5.82 Å². The number of carbonyl (C=O) groups is 2. The molecule has 0 spiro atoms. The van der Waals surface area contributed by atoms with Crippen molar-refractivity contribution in [3.05, 3.63) is 76.1 Å². The lowest BCUT2D eigenvalue weighted by Gasteiger charge is -2.12. The topological polar surface area (TPSA) is 77.5 Å². The Kier molecular flexibility index (Phi) is 6.24. The molecule has 0 amide bonds. The highest BCUT2D eigenvalue weighted by Gasteiger charge is 2.20. The fourth-order valence-corrected chi connectivity index (χ4v) is 4.09. The number of sulfone groups is 1. The van der Waals surface area contributed by atoms with Gasteiger partial charge in [-0.2, -0.15) is 0 Å². The van der Waals surface area contributed by atoms with Gasteiger partial charge in [0.2, 0.25) is 0 Å². The average molecular weight is 449 g/mol. The SMILES string of the molecule is CCOC(=O)Cc1cc(C(=O)c2ccc(S(C)(=O)=O)cc2Cl)c2cc(F)ccc2c1. The van der Waals surface area contributed by atoms with Crippen molar-refractivity contribution in [2.45, 2.75) is 18.2 Å². The highest BCUT2D eigenvalue weighted by atomic mass is 35.5. The van der Waals surface area contributed by atoms with E-state index in [9.17, 15) is 22.4 Å².